The van der Waals surface area contributed by atoms with Crippen molar-refractivity contribution in [2.24, 2.45) is 0 Å². The van der Waals surface area contributed by atoms with Crippen LogP contribution in [0.25, 0.3) is 0 Å². The molecule has 0 radical (unpaired) electrons. The minimum absolute atomic E-state index is 0.0286. The first-order valence-electron chi connectivity index (χ1n) is 6.08. The molecule has 0 fully saturated rings. The van der Waals surface area contributed by atoms with Gasteiger partial charge in [-0.15, -0.1) is 0 Å². The Bertz CT molecular complexity index is 480. The van der Waals surface area contributed by atoms with Gasteiger partial charge in [0.2, 0.25) is 0 Å². The Morgan fingerprint density at radius 1 is 0.950 bits per heavy atom. The van der Waals surface area contributed by atoms with E-state index in [0.29, 0.717) is 25.7 Å². The number of halogens is 3. The van der Waals surface area contributed by atoms with Crippen molar-refractivity contribution >= 4 is 20.2 Å². The summed E-state index contributed by atoms with van der Waals surface area (Å²) in [5.74, 6) is 0. The molecule has 6 nitrogen and oxygen atoms in total. The van der Waals surface area contributed by atoms with E-state index in [-0.39, 0.29) is 13.1 Å². The molecular weight excluding hydrogens is 321 g/mol. The molecule has 0 aliphatic carbocycles. The monoisotopic (exact) mass is 340 g/mol. The number of nitrogens with one attached hydrogen (secondary N) is 1. The van der Waals surface area contributed by atoms with Gasteiger partial charge in [0, 0.05) is 13.1 Å². The van der Waals surface area contributed by atoms with Crippen molar-refractivity contribution in [3.63, 3.8) is 0 Å². The number of hydrogen-bond acceptors (Lipinski definition) is 4. The Labute approximate surface area is 117 Å². The summed E-state index contributed by atoms with van der Waals surface area (Å²) in [6, 6.07) is 0. The number of alkyl halides is 3. The zero-order valence-corrected chi connectivity index (χ0v) is 12.9. The zero-order chi connectivity index (χ0) is 16.0. The summed E-state index contributed by atoms with van der Waals surface area (Å²) in [6.07, 6.45) is 2.11. The van der Waals surface area contributed by atoms with E-state index in [1.165, 1.54) is 0 Å². The van der Waals surface area contributed by atoms with Crippen LogP contribution in [0.15, 0.2) is 0 Å². The van der Waals surface area contributed by atoms with Gasteiger partial charge in [-0.25, -0.2) is 8.42 Å². The summed E-state index contributed by atoms with van der Waals surface area (Å²) in [4.78, 5) is 0. The number of unbranched alkanes of at least 4 members (excludes halogenated alkanes) is 2. The zero-order valence-electron chi connectivity index (χ0n) is 11.3. The lowest BCUT2D eigenvalue weighted by atomic mass is 10.3. The first-order valence-corrected chi connectivity index (χ1v) is 9.00. The van der Waals surface area contributed by atoms with E-state index in [9.17, 15) is 30.0 Å². The van der Waals surface area contributed by atoms with E-state index in [2.05, 4.69) is 0 Å². The molecule has 0 aromatic carbocycles. The van der Waals surface area contributed by atoms with E-state index in [4.69, 9.17) is 0 Å². The molecule has 0 aromatic rings. The van der Waals surface area contributed by atoms with Crippen LogP contribution in [0.5, 0.6) is 0 Å². The van der Waals surface area contributed by atoms with E-state index in [1.54, 1.807) is 13.8 Å². The Balaban J connectivity index is 5.13. The maximum atomic E-state index is 12.2. The Morgan fingerprint density at radius 2 is 1.35 bits per heavy atom. The van der Waals surface area contributed by atoms with Crippen LogP contribution in [-0.2, 0) is 20.2 Å². The molecule has 0 amide bonds. The molecule has 122 valence electrons. The Kier molecular flexibility index (Phi) is 7.42. The molecule has 20 heavy (non-hydrogen) atoms. The highest BCUT2D eigenvalue weighted by atomic mass is 32.3. The smallest absolute Gasteiger partial charge is 0.202 e. The van der Waals surface area contributed by atoms with Gasteiger partial charge >= 0.3 is 15.5 Å². The molecule has 0 saturated carbocycles. The van der Waals surface area contributed by atoms with Gasteiger partial charge in [0.15, 0.2) is 0 Å². The van der Waals surface area contributed by atoms with Gasteiger partial charge < -0.3 is 0 Å². The van der Waals surface area contributed by atoms with E-state index >= 15 is 0 Å². The molecular formula is C9H19F3N2O4S2. The van der Waals surface area contributed by atoms with Gasteiger partial charge in [-0.2, -0.15) is 25.9 Å². The van der Waals surface area contributed by atoms with Crippen LogP contribution in [0.4, 0.5) is 13.2 Å². The molecule has 11 heteroatoms. The summed E-state index contributed by atoms with van der Waals surface area (Å²) in [5, 5.41) is 0. The second-order valence-corrected chi connectivity index (χ2v) is 7.75. The second kappa shape index (κ2) is 7.57. The van der Waals surface area contributed by atoms with Crippen molar-refractivity contribution in [2.45, 2.75) is 45.0 Å². The number of nitrogens with zero attached hydrogens (tertiary/aromatic N) is 1. The van der Waals surface area contributed by atoms with Gasteiger partial charge in [-0.05, 0) is 12.8 Å². The quantitative estimate of drug-likeness (QED) is 0.691. The van der Waals surface area contributed by atoms with Crippen LogP contribution in [0.3, 0.4) is 0 Å². The normalized spacial score (nSPS) is 13.9. The highest BCUT2D eigenvalue weighted by Crippen LogP contribution is 2.22. The molecule has 0 atom stereocenters. The fourth-order valence-electron chi connectivity index (χ4n) is 1.26. The molecule has 0 saturated heterocycles. The van der Waals surface area contributed by atoms with E-state index in [0.717, 1.165) is 8.43 Å². The van der Waals surface area contributed by atoms with Crippen molar-refractivity contribution in [1.29, 1.82) is 0 Å². The predicted octanol–water partition coefficient (Wildman–Crippen LogP) is 1.57. The Hall–Kier alpha value is -0.390. The van der Waals surface area contributed by atoms with Gasteiger partial charge in [0.25, 0.3) is 10.2 Å². The summed E-state index contributed by atoms with van der Waals surface area (Å²) in [6.45, 7) is 3.51. The molecule has 0 spiro atoms. The van der Waals surface area contributed by atoms with Gasteiger partial charge in [-0.3, -0.25) is 0 Å². The molecule has 0 aliphatic rings. The number of rotatable bonds is 9. The molecule has 1 N–H and O–H groups in total. The average molecular weight is 340 g/mol. The van der Waals surface area contributed by atoms with Crippen molar-refractivity contribution in [3.05, 3.63) is 0 Å². The Morgan fingerprint density at radius 3 is 1.65 bits per heavy atom. The van der Waals surface area contributed by atoms with E-state index in [1.807, 2.05) is 0 Å². The van der Waals surface area contributed by atoms with Gasteiger partial charge in [-0.1, -0.05) is 30.8 Å². The third-order valence-corrected chi connectivity index (χ3v) is 5.76. The van der Waals surface area contributed by atoms with Crippen LogP contribution < -0.4 is 4.13 Å². The average Bonchev–Trinajstić information content (AvgIpc) is 2.25. The van der Waals surface area contributed by atoms with Crippen molar-refractivity contribution in [3.8, 4) is 0 Å². The third kappa shape index (κ3) is 5.94. The number of sulfonamides is 1. The summed E-state index contributed by atoms with van der Waals surface area (Å²) in [5.41, 5.74) is -5.67. The largest absolute Gasteiger partial charge is 0.512 e. The van der Waals surface area contributed by atoms with Crippen molar-refractivity contribution in [2.75, 3.05) is 13.1 Å². The number of hydrogen-bond donors (Lipinski definition) is 1. The molecule has 0 rings (SSSR count). The fraction of sp³-hybridized carbons (Fsp3) is 1.00. The molecule has 0 aromatic heterocycles. The maximum absolute atomic E-state index is 12.2. The molecule has 0 bridgehead atoms. The summed E-state index contributed by atoms with van der Waals surface area (Å²) < 4.78 is 83.3. The highest BCUT2D eigenvalue weighted by Gasteiger charge is 2.49. The maximum Gasteiger partial charge on any atom is 0.512 e. The van der Waals surface area contributed by atoms with Crippen LogP contribution in [0.1, 0.15) is 39.5 Å². The molecule has 0 heterocycles. The van der Waals surface area contributed by atoms with Crippen molar-refractivity contribution in [1.82, 2.24) is 8.43 Å². The van der Waals surface area contributed by atoms with Crippen LogP contribution in [-0.4, -0.2) is 39.7 Å². The third-order valence-electron chi connectivity index (χ3n) is 2.38. The van der Waals surface area contributed by atoms with Gasteiger partial charge in [0.05, 0.1) is 0 Å². The first kappa shape index (κ1) is 19.6. The van der Waals surface area contributed by atoms with Crippen LogP contribution in [0, 0.1) is 0 Å². The highest BCUT2D eigenvalue weighted by molar-refractivity contribution is 8.04. The lowest BCUT2D eigenvalue weighted by Gasteiger charge is -2.22. The predicted molar refractivity (Wildman–Crippen MR) is 68.4 cm³/mol. The lowest BCUT2D eigenvalue weighted by Crippen LogP contribution is -2.48. The molecule has 0 unspecified atom stereocenters. The first-order chi connectivity index (χ1) is 8.98. The second-order valence-electron chi connectivity index (χ2n) is 4.14. The minimum Gasteiger partial charge on any atom is -0.202 e. The lowest BCUT2D eigenvalue weighted by molar-refractivity contribution is -0.0441. The summed E-state index contributed by atoms with van der Waals surface area (Å²) in [7, 11) is -10.7. The molecule has 0 aliphatic heterocycles. The van der Waals surface area contributed by atoms with E-state index < -0.39 is 25.7 Å². The summed E-state index contributed by atoms with van der Waals surface area (Å²) >= 11 is 0. The van der Waals surface area contributed by atoms with Crippen molar-refractivity contribution < 1.29 is 30.0 Å². The van der Waals surface area contributed by atoms with Crippen LogP contribution in [0.2, 0.25) is 0 Å². The topological polar surface area (TPSA) is 83.6 Å². The minimum atomic E-state index is -5.93. The standard InChI is InChI=1S/C9H19F3N2O4S2/c1-3-5-7-14(8-6-4-2)20(17,18)13-19(15,16)9(10,11)12/h13H,3-8H2,1-2H3. The van der Waals surface area contributed by atoms with Crippen LogP contribution >= 0.6 is 0 Å². The SMILES string of the molecule is CCCCN(CCCC)S(=O)(=O)NS(=O)(=O)C(F)(F)F. The fourth-order valence-corrected chi connectivity index (χ4v) is 3.91. The van der Waals surface area contributed by atoms with Gasteiger partial charge in [0.1, 0.15) is 0 Å².